The first-order chi connectivity index (χ1) is 17.7. The molecule has 0 aliphatic rings. The summed E-state index contributed by atoms with van der Waals surface area (Å²) < 4.78 is 0. The van der Waals surface area contributed by atoms with Crippen LogP contribution >= 0.6 is 0 Å². The second-order valence-electron chi connectivity index (χ2n) is 8.13. The zero-order valence-electron chi connectivity index (χ0n) is 20.1. The summed E-state index contributed by atoms with van der Waals surface area (Å²) in [6.07, 6.45) is 4.18. The van der Waals surface area contributed by atoms with Crippen LogP contribution in [0.1, 0.15) is 47.8 Å². The maximum atomic E-state index is 13.8. The van der Waals surface area contributed by atoms with Gasteiger partial charge in [0.15, 0.2) is 17.3 Å². The molecule has 0 fully saturated rings. The van der Waals surface area contributed by atoms with E-state index in [9.17, 15) is 28.8 Å². The molecule has 0 aliphatic heterocycles. The predicted octanol–water partition coefficient (Wildman–Crippen LogP) is 5.08. The standard InChI is InChI=1S/C28H19N3O6/c1-16-4-7-19(29-13-32)10-22(16)26(35)25(27(36)23-11-20(30-14-33)8-5-17(23)2)28(37)24-12-21(31-15-34)9-6-18(24)3/h4-12,25H,1-3H3. The van der Waals surface area contributed by atoms with Crippen molar-refractivity contribution in [2.75, 3.05) is 0 Å². The minimum absolute atomic E-state index is 0.0163. The van der Waals surface area contributed by atoms with Crippen LogP contribution in [0.5, 0.6) is 0 Å². The summed E-state index contributed by atoms with van der Waals surface area (Å²) in [5.74, 6) is -4.29. The maximum Gasteiger partial charge on any atom is 0.240 e. The van der Waals surface area contributed by atoms with Crippen LogP contribution in [-0.4, -0.2) is 35.6 Å². The summed E-state index contributed by atoms with van der Waals surface area (Å²) in [5, 5.41) is 0. The topological polar surface area (TPSA) is 140 Å². The Balaban J connectivity index is 2.26. The van der Waals surface area contributed by atoms with Crippen LogP contribution in [0.3, 0.4) is 0 Å². The number of Topliss-reactive ketones (excluding diaryl/α,β-unsaturated/α-hetero) is 3. The van der Waals surface area contributed by atoms with E-state index in [4.69, 9.17) is 0 Å². The largest absolute Gasteiger partial charge is 0.293 e. The molecule has 0 unspecified atom stereocenters. The van der Waals surface area contributed by atoms with Gasteiger partial charge < -0.3 is 0 Å². The molecule has 3 aromatic carbocycles. The van der Waals surface area contributed by atoms with E-state index in [1.165, 1.54) is 72.8 Å². The Morgan fingerprint density at radius 2 is 0.811 bits per heavy atom. The lowest BCUT2D eigenvalue weighted by molar-refractivity contribution is 0.0732. The highest BCUT2D eigenvalue weighted by atomic mass is 16.2. The summed E-state index contributed by atoms with van der Waals surface area (Å²) in [6.45, 7) is 4.84. The van der Waals surface area contributed by atoms with Gasteiger partial charge in [-0.2, -0.15) is 15.0 Å². The molecule has 0 aromatic heterocycles. The number of aliphatic imine (C=N–C) groups is 3. The van der Waals surface area contributed by atoms with E-state index in [1.54, 1.807) is 20.8 Å². The molecule has 9 nitrogen and oxygen atoms in total. The third-order valence-corrected chi connectivity index (χ3v) is 5.77. The molecule has 0 amide bonds. The van der Waals surface area contributed by atoms with Crippen LogP contribution in [0, 0.1) is 26.7 Å². The SMILES string of the molecule is Cc1ccc(N=C=O)cc1C(=O)C(C(=O)c1cc(N=C=O)ccc1C)C(=O)c1cc(N=C=O)ccc1C. The van der Waals surface area contributed by atoms with Gasteiger partial charge in [0.2, 0.25) is 18.2 Å². The van der Waals surface area contributed by atoms with Gasteiger partial charge in [-0.1, -0.05) is 18.2 Å². The number of isocyanates is 3. The third kappa shape index (κ3) is 5.73. The van der Waals surface area contributed by atoms with Crippen molar-refractivity contribution >= 4 is 52.7 Å². The molecule has 0 atom stereocenters. The Bertz CT molecular complexity index is 1400. The average Bonchev–Trinajstić information content (AvgIpc) is 2.87. The normalized spacial score (nSPS) is 10.8. The number of carbonyl (C=O) groups excluding carboxylic acids is 6. The molecule has 0 radical (unpaired) electrons. The molecule has 9 heteroatoms. The van der Waals surface area contributed by atoms with Crippen LogP contribution in [-0.2, 0) is 14.4 Å². The second-order valence-corrected chi connectivity index (χ2v) is 8.13. The molecule has 0 heterocycles. The fourth-order valence-electron chi connectivity index (χ4n) is 3.82. The van der Waals surface area contributed by atoms with E-state index >= 15 is 0 Å². The van der Waals surface area contributed by atoms with Gasteiger partial charge in [0.25, 0.3) is 0 Å². The molecule has 3 aromatic rings. The van der Waals surface area contributed by atoms with Crippen LogP contribution < -0.4 is 0 Å². The van der Waals surface area contributed by atoms with Crippen molar-refractivity contribution < 1.29 is 28.8 Å². The van der Waals surface area contributed by atoms with Crippen molar-refractivity contribution in [1.82, 2.24) is 0 Å². The zero-order chi connectivity index (χ0) is 27.1. The van der Waals surface area contributed by atoms with Gasteiger partial charge in [-0.25, -0.2) is 14.4 Å². The van der Waals surface area contributed by atoms with E-state index in [-0.39, 0.29) is 33.8 Å². The van der Waals surface area contributed by atoms with Gasteiger partial charge in [-0.05, 0) is 73.9 Å². The lowest BCUT2D eigenvalue weighted by Crippen LogP contribution is -2.33. The van der Waals surface area contributed by atoms with E-state index in [1.807, 2.05) is 0 Å². The number of nitrogens with zero attached hydrogens (tertiary/aromatic N) is 3. The monoisotopic (exact) mass is 493 g/mol. The molecule has 0 bridgehead atoms. The lowest BCUT2D eigenvalue weighted by atomic mass is 9.81. The van der Waals surface area contributed by atoms with Crippen LogP contribution in [0.4, 0.5) is 17.1 Å². The molecule has 0 N–H and O–H groups in total. The average molecular weight is 493 g/mol. The molecule has 0 saturated heterocycles. The van der Waals surface area contributed by atoms with Crippen LogP contribution in [0.25, 0.3) is 0 Å². The molecular formula is C28H19N3O6. The quantitative estimate of drug-likeness (QED) is 0.176. The minimum atomic E-state index is -1.84. The van der Waals surface area contributed by atoms with Gasteiger partial charge in [0.05, 0.1) is 17.1 Å². The fraction of sp³-hybridized carbons (Fsp3) is 0.143. The Hall–Kier alpha value is -5.19. The summed E-state index contributed by atoms with van der Waals surface area (Å²) in [7, 11) is 0. The highest BCUT2D eigenvalue weighted by Crippen LogP contribution is 2.29. The number of benzene rings is 3. The van der Waals surface area contributed by atoms with Gasteiger partial charge in [-0.15, -0.1) is 0 Å². The van der Waals surface area contributed by atoms with Gasteiger partial charge in [-0.3, -0.25) is 14.4 Å². The Kier molecular flexibility index (Phi) is 8.20. The molecule has 37 heavy (non-hydrogen) atoms. The first-order valence-electron chi connectivity index (χ1n) is 10.9. The maximum absolute atomic E-state index is 13.8. The number of hydrogen-bond acceptors (Lipinski definition) is 9. The van der Waals surface area contributed by atoms with Crippen LogP contribution in [0.15, 0.2) is 69.6 Å². The molecule has 0 saturated carbocycles. The molecular weight excluding hydrogens is 474 g/mol. The molecule has 0 aliphatic carbocycles. The van der Waals surface area contributed by atoms with Crippen molar-refractivity contribution in [1.29, 1.82) is 0 Å². The summed E-state index contributed by atoms with van der Waals surface area (Å²) in [4.78, 5) is 84.3. The minimum Gasteiger partial charge on any atom is -0.293 e. The summed E-state index contributed by atoms with van der Waals surface area (Å²) in [6, 6.07) is 13.0. The number of aryl methyl sites for hydroxylation is 3. The third-order valence-electron chi connectivity index (χ3n) is 5.77. The zero-order valence-corrected chi connectivity index (χ0v) is 20.1. The Morgan fingerprint density at radius 3 is 1.05 bits per heavy atom. The van der Waals surface area contributed by atoms with Crippen LogP contribution in [0.2, 0.25) is 0 Å². The number of carbonyl (C=O) groups is 3. The number of hydrogen-bond donors (Lipinski definition) is 0. The van der Waals surface area contributed by atoms with Gasteiger partial charge in [0, 0.05) is 16.7 Å². The van der Waals surface area contributed by atoms with E-state index in [0.717, 1.165) is 0 Å². The van der Waals surface area contributed by atoms with Crippen molar-refractivity contribution in [2.24, 2.45) is 20.9 Å². The van der Waals surface area contributed by atoms with Crippen molar-refractivity contribution in [3.8, 4) is 0 Å². The van der Waals surface area contributed by atoms with E-state index < -0.39 is 23.3 Å². The highest BCUT2D eigenvalue weighted by Gasteiger charge is 2.38. The lowest BCUT2D eigenvalue weighted by Gasteiger charge is -2.18. The molecule has 182 valence electrons. The first-order valence-corrected chi connectivity index (χ1v) is 10.9. The Labute approximate surface area is 211 Å². The van der Waals surface area contributed by atoms with E-state index in [0.29, 0.717) is 16.7 Å². The molecule has 0 spiro atoms. The number of ketones is 3. The summed E-state index contributed by atoms with van der Waals surface area (Å²) >= 11 is 0. The number of rotatable bonds is 9. The predicted molar refractivity (Wildman–Crippen MR) is 133 cm³/mol. The van der Waals surface area contributed by atoms with E-state index in [2.05, 4.69) is 15.0 Å². The summed E-state index contributed by atoms with van der Waals surface area (Å²) in [5.41, 5.74) is 1.78. The second kappa shape index (κ2) is 11.5. The van der Waals surface area contributed by atoms with Crippen molar-refractivity contribution in [2.45, 2.75) is 20.8 Å². The molecule has 3 rings (SSSR count). The van der Waals surface area contributed by atoms with Gasteiger partial charge in [0.1, 0.15) is 5.92 Å². The smallest absolute Gasteiger partial charge is 0.240 e. The Morgan fingerprint density at radius 1 is 0.541 bits per heavy atom. The van der Waals surface area contributed by atoms with Gasteiger partial charge >= 0.3 is 0 Å². The highest BCUT2D eigenvalue weighted by molar-refractivity contribution is 6.32. The first kappa shape index (κ1) is 26.4. The van der Waals surface area contributed by atoms with Crippen molar-refractivity contribution in [3.63, 3.8) is 0 Å². The van der Waals surface area contributed by atoms with Crippen molar-refractivity contribution in [3.05, 3.63) is 88.0 Å². The fourth-order valence-corrected chi connectivity index (χ4v) is 3.82.